The first-order valence-electron chi connectivity index (χ1n) is 8.08. The highest BCUT2D eigenvalue weighted by atomic mass is 19.4. The Labute approximate surface area is 133 Å². The number of nitrogens with zero attached hydrogens (tertiary/aromatic N) is 3. The fourth-order valence-electron chi connectivity index (χ4n) is 4.54. The zero-order valence-electron chi connectivity index (χ0n) is 13.4. The quantitative estimate of drug-likeness (QED) is 0.461. The zero-order valence-corrected chi connectivity index (χ0v) is 13.4. The lowest BCUT2D eigenvalue weighted by atomic mass is 9.58. The lowest BCUT2D eigenvalue weighted by Gasteiger charge is -2.50. The standard InChI is InChI=1S/C15H24F3N3O2/c1-13(22,15(16,17)18)12-5-3-4-9-8-10(6-7-11(9)12)14(2,23)20-21-19/h9-12,22-23H,3-8H2,1-2H3. The summed E-state index contributed by atoms with van der Waals surface area (Å²) in [6.07, 6.45) is -1.33. The Balaban J connectivity index is 2.17. The zero-order chi connectivity index (χ0) is 17.5. The summed E-state index contributed by atoms with van der Waals surface area (Å²) >= 11 is 0. The Morgan fingerprint density at radius 1 is 1.09 bits per heavy atom. The molecule has 0 aromatic carbocycles. The summed E-state index contributed by atoms with van der Waals surface area (Å²) in [6, 6.07) is 0. The van der Waals surface area contributed by atoms with Crippen LogP contribution in [0, 0.1) is 23.7 Å². The van der Waals surface area contributed by atoms with Crippen molar-refractivity contribution in [1.82, 2.24) is 0 Å². The van der Waals surface area contributed by atoms with E-state index in [-0.39, 0.29) is 17.8 Å². The van der Waals surface area contributed by atoms with Gasteiger partial charge in [0.25, 0.3) is 0 Å². The molecule has 132 valence electrons. The van der Waals surface area contributed by atoms with E-state index in [0.717, 1.165) is 13.3 Å². The van der Waals surface area contributed by atoms with Gasteiger partial charge in [-0.1, -0.05) is 18.0 Å². The summed E-state index contributed by atoms with van der Waals surface area (Å²) in [5.74, 6) is -1.26. The van der Waals surface area contributed by atoms with Crippen molar-refractivity contribution in [2.45, 2.75) is 69.9 Å². The number of halogens is 3. The maximum atomic E-state index is 13.2. The second kappa shape index (κ2) is 6.15. The molecule has 2 saturated carbocycles. The minimum atomic E-state index is -4.65. The summed E-state index contributed by atoms with van der Waals surface area (Å²) in [5, 5.41) is 23.8. The number of hydrogen-bond acceptors (Lipinski definition) is 3. The summed E-state index contributed by atoms with van der Waals surface area (Å²) in [7, 11) is 0. The molecule has 6 atom stereocenters. The predicted octanol–water partition coefficient (Wildman–Crippen LogP) is 4.15. The molecule has 2 aliphatic carbocycles. The van der Waals surface area contributed by atoms with Gasteiger partial charge in [-0.3, -0.25) is 0 Å². The van der Waals surface area contributed by atoms with Crippen LogP contribution >= 0.6 is 0 Å². The van der Waals surface area contributed by atoms with Crippen molar-refractivity contribution in [2.75, 3.05) is 0 Å². The van der Waals surface area contributed by atoms with Crippen LogP contribution < -0.4 is 0 Å². The molecule has 0 aromatic heterocycles. The Hall–Kier alpha value is -0.980. The van der Waals surface area contributed by atoms with E-state index in [4.69, 9.17) is 5.53 Å². The van der Waals surface area contributed by atoms with E-state index in [1.54, 1.807) is 0 Å². The van der Waals surface area contributed by atoms with Gasteiger partial charge in [-0.05, 0) is 68.7 Å². The molecular formula is C15H24F3N3O2. The van der Waals surface area contributed by atoms with E-state index < -0.39 is 23.4 Å². The van der Waals surface area contributed by atoms with Gasteiger partial charge >= 0.3 is 6.18 Å². The monoisotopic (exact) mass is 335 g/mol. The summed E-state index contributed by atoms with van der Waals surface area (Å²) < 4.78 is 39.6. The summed E-state index contributed by atoms with van der Waals surface area (Å²) in [5.41, 5.74) is 4.34. The first-order valence-corrected chi connectivity index (χ1v) is 8.08. The minimum absolute atomic E-state index is 0.0155. The van der Waals surface area contributed by atoms with Crippen LogP contribution in [0.25, 0.3) is 10.4 Å². The van der Waals surface area contributed by atoms with Gasteiger partial charge in [-0.15, -0.1) is 0 Å². The first-order chi connectivity index (χ1) is 10.5. The Kier molecular flexibility index (Phi) is 4.91. The number of aliphatic hydroxyl groups is 2. The molecule has 0 spiro atoms. The van der Waals surface area contributed by atoms with Gasteiger partial charge in [0.15, 0.2) is 5.60 Å². The van der Waals surface area contributed by atoms with E-state index in [1.807, 2.05) is 0 Å². The normalized spacial score (nSPS) is 37.0. The topological polar surface area (TPSA) is 89.2 Å². The average molecular weight is 335 g/mol. The molecule has 2 aliphatic rings. The van der Waals surface area contributed by atoms with Crippen LogP contribution in [0.15, 0.2) is 5.11 Å². The van der Waals surface area contributed by atoms with Gasteiger partial charge in [0, 0.05) is 4.91 Å². The van der Waals surface area contributed by atoms with Gasteiger partial charge in [0.1, 0.15) is 5.72 Å². The highest BCUT2D eigenvalue weighted by molar-refractivity contribution is 5.00. The number of azide groups is 1. The number of alkyl halides is 3. The smallest absolute Gasteiger partial charge is 0.384 e. The van der Waals surface area contributed by atoms with Crippen LogP contribution in [-0.4, -0.2) is 27.7 Å². The van der Waals surface area contributed by atoms with E-state index in [2.05, 4.69) is 10.0 Å². The van der Waals surface area contributed by atoms with Gasteiger partial charge in [-0.25, -0.2) is 0 Å². The van der Waals surface area contributed by atoms with Crippen molar-refractivity contribution >= 4 is 0 Å². The van der Waals surface area contributed by atoms with Crippen molar-refractivity contribution in [1.29, 1.82) is 0 Å². The molecule has 2 N–H and O–H groups in total. The van der Waals surface area contributed by atoms with Gasteiger partial charge in [0.2, 0.25) is 0 Å². The van der Waals surface area contributed by atoms with Crippen LogP contribution in [0.5, 0.6) is 0 Å². The number of rotatable bonds is 3. The molecule has 0 saturated heterocycles. The van der Waals surface area contributed by atoms with Crippen molar-refractivity contribution < 1.29 is 23.4 Å². The van der Waals surface area contributed by atoms with Crippen LogP contribution in [0.1, 0.15) is 52.4 Å². The molecule has 0 bridgehead atoms. The molecule has 2 fully saturated rings. The number of hydrogen-bond donors (Lipinski definition) is 2. The van der Waals surface area contributed by atoms with Crippen LogP contribution in [0.3, 0.4) is 0 Å². The molecule has 5 nitrogen and oxygen atoms in total. The highest BCUT2D eigenvalue weighted by Gasteiger charge is 2.58. The van der Waals surface area contributed by atoms with Gasteiger partial charge in [0.05, 0.1) is 0 Å². The van der Waals surface area contributed by atoms with Crippen LogP contribution in [-0.2, 0) is 0 Å². The van der Waals surface area contributed by atoms with E-state index in [0.29, 0.717) is 32.1 Å². The molecule has 0 aliphatic heterocycles. The molecule has 0 heterocycles. The predicted molar refractivity (Wildman–Crippen MR) is 78.1 cm³/mol. The maximum Gasteiger partial charge on any atom is 0.417 e. The molecule has 23 heavy (non-hydrogen) atoms. The van der Waals surface area contributed by atoms with Gasteiger partial charge in [-0.2, -0.15) is 13.2 Å². The van der Waals surface area contributed by atoms with Crippen LogP contribution in [0.4, 0.5) is 13.2 Å². The second-order valence-corrected chi connectivity index (χ2v) is 7.40. The van der Waals surface area contributed by atoms with Gasteiger partial charge < -0.3 is 10.2 Å². The lowest BCUT2D eigenvalue weighted by Crippen LogP contribution is -2.54. The fourth-order valence-corrected chi connectivity index (χ4v) is 4.54. The van der Waals surface area contributed by atoms with Crippen molar-refractivity contribution in [3.63, 3.8) is 0 Å². The largest absolute Gasteiger partial charge is 0.417 e. The van der Waals surface area contributed by atoms with E-state index >= 15 is 0 Å². The molecule has 2 rings (SSSR count). The number of fused-ring (bicyclic) bond motifs is 1. The van der Waals surface area contributed by atoms with Crippen molar-refractivity contribution in [2.24, 2.45) is 28.8 Å². The molecule has 6 unspecified atom stereocenters. The minimum Gasteiger partial charge on any atom is -0.384 e. The van der Waals surface area contributed by atoms with Crippen molar-refractivity contribution in [3.8, 4) is 0 Å². The Morgan fingerprint density at radius 2 is 1.74 bits per heavy atom. The third kappa shape index (κ3) is 3.44. The third-order valence-electron chi connectivity index (χ3n) is 5.96. The Morgan fingerprint density at radius 3 is 2.30 bits per heavy atom. The maximum absolute atomic E-state index is 13.2. The SMILES string of the molecule is CC(O)(N=[N+]=[N-])C1CCC2C(CCCC2C(C)(O)C(F)(F)F)C1. The third-order valence-corrected chi connectivity index (χ3v) is 5.96. The molecule has 0 amide bonds. The Bertz CT molecular complexity index is 487. The molecule has 8 heteroatoms. The van der Waals surface area contributed by atoms with Crippen LogP contribution in [0.2, 0.25) is 0 Å². The average Bonchev–Trinajstić information content (AvgIpc) is 2.44. The highest BCUT2D eigenvalue weighted by Crippen LogP contribution is 2.53. The fraction of sp³-hybridized carbons (Fsp3) is 1.00. The van der Waals surface area contributed by atoms with E-state index in [9.17, 15) is 23.4 Å². The second-order valence-electron chi connectivity index (χ2n) is 7.40. The molecular weight excluding hydrogens is 311 g/mol. The molecule has 0 radical (unpaired) electrons. The van der Waals surface area contributed by atoms with E-state index in [1.165, 1.54) is 6.92 Å². The first kappa shape index (κ1) is 18.4. The summed E-state index contributed by atoms with van der Waals surface area (Å²) in [6.45, 7) is 2.33. The lowest BCUT2D eigenvalue weighted by molar-refractivity contribution is -0.285. The summed E-state index contributed by atoms with van der Waals surface area (Å²) in [4.78, 5) is 2.66. The molecule has 0 aromatic rings. The van der Waals surface area contributed by atoms with Crippen molar-refractivity contribution in [3.05, 3.63) is 10.4 Å².